The first-order valence-corrected chi connectivity index (χ1v) is 6.52. The minimum Gasteiger partial charge on any atom is -0.309 e. The monoisotopic (exact) mass is 260 g/mol. The molecular weight excluding hydrogens is 244 g/mol. The van der Waals surface area contributed by atoms with Gasteiger partial charge in [0.05, 0.1) is 5.69 Å². The van der Waals surface area contributed by atoms with Crippen molar-refractivity contribution in [2.75, 3.05) is 6.54 Å². The number of hydrogen-bond acceptors (Lipinski definition) is 2. The highest BCUT2D eigenvalue weighted by Crippen LogP contribution is 2.14. The summed E-state index contributed by atoms with van der Waals surface area (Å²) in [6.45, 7) is 3.03. The van der Waals surface area contributed by atoms with Gasteiger partial charge in [-0.2, -0.15) is 0 Å². The van der Waals surface area contributed by atoms with Gasteiger partial charge in [-0.1, -0.05) is 41.9 Å². The second-order valence-corrected chi connectivity index (χ2v) is 4.75. The van der Waals surface area contributed by atoms with Crippen molar-refractivity contribution < 1.29 is 0 Å². The molecule has 1 atom stereocenters. The summed E-state index contributed by atoms with van der Waals surface area (Å²) in [4.78, 5) is 4.32. The minimum absolute atomic E-state index is 0.215. The third-order valence-electron chi connectivity index (χ3n) is 2.89. The van der Waals surface area contributed by atoms with Gasteiger partial charge >= 0.3 is 0 Å². The molecule has 1 heterocycles. The zero-order chi connectivity index (χ0) is 12.8. The Morgan fingerprint density at radius 2 is 2.00 bits per heavy atom. The van der Waals surface area contributed by atoms with Crippen LogP contribution in [0.3, 0.4) is 0 Å². The summed E-state index contributed by atoms with van der Waals surface area (Å²) in [6, 6.07) is 14.4. The molecule has 2 rings (SSSR count). The Hall–Kier alpha value is -1.38. The molecule has 0 saturated heterocycles. The first-order valence-electron chi connectivity index (χ1n) is 6.14. The molecular formula is C15H17ClN2. The van der Waals surface area contributed by atoms with Gasteiger partial charge in [-0.05, 0) is 37.6 Å². The SMILES string of the molecule is CC(NCCc1ccccc1)c1cc(Cl)ccn1. The molecule has 0 amide bonds. The fourth-order valence-corrected chi connectivity index (χ4v) is 2.01. The lowest BCUT2D eigenvalue weighted by Crippen LogP contribution is -2.22. The Labute approximate surface area is 113 Å². The Morgan fingerprint density at radius 3 is 2.72 bits per heavy atom. The highest BCUT2D eigenvalue weighted by Gasteiger charge is 2.06. The lowest BCUT2D eigenvalue weighted by Gasteiger charge is -2.13. The zero-order valence-corrected chi connectivity index (χ0v) is 11.2. The van der Waals surface area contributed by atoms with Gasteiger partial charge in [-0.3, -0.25) is 4.98 Å². The van der Waals surface area contributed by atoms with E-state index in [0.29, 0.717) is 0 Å². The number of halogens is 1. The zero-order valence-electron chi connectivity index (χ0n) is 10.4. The third-order valence-corrected chi connectivity index (χ3v) is 3.13. The van der Waals surface area contributed by atoms with Crippen LogP contribution in [0.1, 0.15) is 24.2 Å². The number of nitrogens with one attached hydrogen (secondary N) is 1. The Bertz CT molecular complexity index is 485. The third kappa shape index (κ3) is 3.83. The lowest BCUT2D eigenvalue weighted by molar-refractivity contribution is 0.564. The molecule has 2 nitrogen and oxygen atoms in total. The summed E-state index contributed by atoms with van der Waals surface area (Å²) in [5.74, 6) is 0. The summed E-state index contributed by atoms with van der Waals surface area (Å²) in [5.41, 5.74) is 2.33. The van der Waals surface area contributed by atoms with E-state index in [1.165, 1.54) is 5.56 Å². The van der Waals surface area contributed by atoms with Crippen LogP contribution in [0.5, 0.6) is 0 Å². The highest BCUT2D eigenvalue weighted by molar-refractivity contribution is 6.30. The molecule has 3 heteroatoms. The molecule has 0 radical (unpaired) electrons. The van der Waals surface area contributed by atoms with E-state index >= 15 is 0 Å². The summed E-state index contributed by atoms with van der Waals surface area (Å²) < 4.78 is 0. The van der Waals surface area contributed by atoms with Gasteiger partial charge in [-0.15, -0.1) is 0 Å². The van der Waals surface area contributed by atoms with Crippen molar-refractivity contribution in [3.63, 3.8) is 0 Å². The smallest absolute Gasteiger partial charge is 0.0585 e. The maximum Gasteiger partial charge on any atom is 0.0585 e. The van der Waals surface area contributed by atoms with E-state index in [9.17, 15) is 0 Å². The van der Waals surface area contributed by atoms with Gasteiger partial charge in [0.2, 0.25) is 0 Å². The quantitative estimate of drug-likeness (QED) is 0.888. The lowest BCUT2D eigenvalue weighted by atomic mass is 10.1. The molecule has 1 aromatic carbocycles. The summed E-state index contributed by atoms with van der Waals surface area (Å²) in [6.07, 6.45) is 2.76. The van der Waals surface area contributed by atoms with Crippen molar-refractivity contribution in [2.24, 2.45) is 0 Å². The molecule has 0 aliphatic heterocycles. The topological polar surface area (TPSA) is 24.9 Å². The normalized spacial score (nSPS) is 12.3. The van der Waals surface area contributed by atoms with E-state index in [-0.39, 0.29) is 6.04 Å². The van der Waals surface area contributed by atoms with Gasteiger partial charge in [0.15, 0.2) is 0 Å². The van der Waals surface area contributed by atoms with Crippen LogP contribution in [0.25, 0.3) is 0 Å². The molecule has 1 unspecified atom stereocenters. The van der Waals surface area contributed by atoms with Crippen molar-refractivity contribution in [3.8, 4) is 0 Å². The fraction of sp³-hybridized carbons (Fsp3) is 0.267. The van der Waals surface area contributed by atoms with Crippen LogP contribution in [-0.2, 0) is 6.42 Å². The standard InChI is InChI=1S/C15H17ClN2/c1-12(15-11-14(16)8-10-18-15)17-9-7-13-5-3-2-4-6-13/h2-6,8,10-12,17H,7,9H2,1H3. The van der Waals surface area contributed by atoms with Crippen molar-refractivity contribution in [2.45, 2.75) is 19.4 Å². The number of benzene rings is 1. The van der Waals surface area contributed by atoms with Crippen LogP contribution >= 0.6 is 11.6 Å². The van der Waals surface area contributed by atoms with Gasteiger partial charge in [0.25, 0.3) is 0 Å². The number of hydrogen-bond donors (Lipinski definition) is 1. The van der Waals surface area contributed by atoms with Gasteiger partial charge in [0, 0.05) is 17.3 Å². The molecule has 2 aromatic rings. The number of aromatic nitrogens is 1. The predicted molar refractivity (Wildman–Crippen MR) is 75.8 cm³/mol. The van der Waals surface area contributed by atoms with Gasteiger partial charge in [-0.25, -0.2) is 0 Å². The average Bonchev–Trinajstić information content (AvgIpc) is 2.40. The maximum absolute atomic E-state index is 5.95. The second kappa shape index (κ2) is 6.53. The maximum atomic E-state index is 5.95. The molecule has 0 aliphatic carbocycles. The molecule has 1 aromatic heterocycles. The molecule has 18 heavy (non-hydrogen) atoms. The van der Waals surface area contributed by atoms with Gasteiger partial charge in [0.1, 0.15) is 0 Å². The first kappa shape index (κ1) is 13.1. The van der Waals surface area contributed by atoms with E-state index in [1.54, 1.807) is 12.3 Å². The molecule has 0 fully saturated rings. The van der Waals surface area contributed by atoms with Crippen LogP contribution in [0, 0.1) is 0 Å². The molecule has 0 bridgehead atoms. The van der Waals surface area contributed by atoms with Crippen molar-refractivity contribution >= 4 is 11.6 Å². The molecule has 0 spiro atoms. The van der Waals surface area contributed by atoms with E-state index in [4.69, 9.17) is 11.6 Å². The minimum atomic E-state index is 0.215. The van der Waals surface area contributed by atoms with E-state index in [1.807, 2.05) is 12.1 Å². The molecule has 0 saturated carbocycles. The number of nitrogens with zero attached hydrogens (tertiary/aromatic N) is 1. The van der Waals surface area contributed by atoms with Crippen LogP contribution in [0.4, 0.5) is 0 Å². The van der Waals surface area contributed by atoms with Crippen LogP contribution in [0.15, 0.2) is 48.7 Å². The van der Waals surface area contributed by atoms with E-state index < -0.39 is 0 Å². The average molecular weight is 261 g/mol. The van der Waals surface area contributed by atoms with Crippen LogP contribution in [0.2, 0.25) is 5.02 Å². The van der Waals surface area contributed by atoms with Crippen molar-refractivity contribution in [1.29, 1.82) is 0 Å². The fourth-order valence-electron chi connectivity index (χ4n) is 1.84. The molecule has 94 valence electrons. The van der Waals surface area contributed by atoms with Crippen molar-refractivity contribution in [3.05, 3.63) is 64.9 Å². The highest BCUT2D eigenvalue weighted by atomic mass is 35.5. The Balaban J connectivity index is 1.83. The van der Waals surface area contributed by atoms with E-state index in [0.717, 1.165) is 23.7 Å². The largest absolute Gasteiger partial charge is 0.309 e. The predicted octanol–water partition coefficient (Wildman–Crippen LogP) is 3.63. The van der Waals surface area contributed by atoms with Crippen LogP contribution in [-0.4, -0.2) is 11.5 Å². The number of pyridine rings is 1. The summed E-state index contributed by atoms with van der Waals surface area (Å²) in [5, 5.41) is 4.19. The second-order valence-electron chi connectivity index (χ2n) is 4.31. The number of rotatable bonds is 5. The van der Waals surface area contributed by atoms with Crippen LogP contribution < -0.4 is 5.32 Å². The first-order chi connectivity index (χ1) is 8.75. The Kier molecular flexibility index (Phi) is 4.73. The Morgan fingerprint density at radius 1 is 1.22 bits per heavy atom. The summed E-state index contributed by atoms with van der Waals surface area (Å²) >= 11 is 5.95. The van der Waals surface area contributed by atoms with Gasteiger partial charge < -0.3 is 5.32 Å². The molecule has 1 N–H and O–H groups in total. The van der Waals surface area contributed by atoms with Crippen molar-refractivity contribution in [1.82, 2.24) is 10.3 Å². The van der Waals surface area contributed by atoms with E-state index in [2.05, 4.69) is 41.5 Å². The molecule has 0 aliphatic rings. The summed E-state index contributed by atoms with van der Waals surface area (Å²) in [7, 11) is 0.